The van der Waals surface area contributed by atoms with Crippen LogP contribution in [0.1, 0.15) is 22.8 Å². The molecule has 0 amide bonds. The van der Waals surface area contributed by atoms with E-state index >= 15 is 0 Å². The lowest BCUT2D eigenvalue weighted by molar-refractivity contribution is 0.101. The molecular formula is C9H5Cl2NO. The van der Waals surface area contributed by atoms with Gasteiger partial charge in [-0.05, 0) is 19.1 Å². The largest absolute Gasteiger partial charge is 0.294 e. The summed E-state index contributed by atoms with van der Waals surface area (Å²) < 4.78 is 0. The number of hydrogen-bond acceptors (Lipinski definition) is 2. The predicted octanol–water partition coefficient (Wildman–Crippen LogP) is 3.07. The highest BCUT2D eigenvalue weighted by Crippen LogP contribution is 2.26. The van der Waals surface area contributed by atoms with Crippen molar-refractivity contribution in [1.82, 2.24) is 0 Å². The lowest BCUT2D eigenvalue weighted by Gasteiger charge is -2.03. The molecule has 0 heterocycles. The first-order valence-electron chi connectivity index (χ1n) is 3.47. The molecule has 0 radical (unpaired) electrons. The number of hydrogen-bond donors (Lipinski definition) is 0. The van der Waals surface area contributed by atoms with Gasteiger partial charge in [-0.1, -0.05) is 23.2 Å². The Labute approximate surface area is 85.7 Å². The van der Waals surface area contributed by atoms with E-state index < -0.39 is 0 Å². The Hall–Kier alpha value is -1.04. The first-order chi connectivity index (χ1) is 6.07. The van der Waals surface area contributed by atoms with Gasteiger partial charge >= 0.3 is 0 Å². The van der Waals surface area contributed by atoms with Crippen LogP contribution >= 0.6 is 23.2 Å². The molecule has 0 aliphatic rings. The first kappa shape index (κ1) is 10.0. The van der Waals surface area contributed by atoms with Crippen LogP contribution in [0.5, 0.6) is 0 Å². The molecule has 0 aliphatic carbocycles. The van der Waals surface area contributed by atoms with Crippen molar-refractivity contribution in [2.75, 3.05) is 0 Å². The van der Waals surface area contributed by atoms with Crippen LogP contribution in [0.4, 0.5) is 0 Å². The van der Waals surface area contributed by atoms with Crippen molar-refractivity contribution in [3.63, 3.8) is 0 Å². The van der Waals surface area contributed by atoms with Gasteiger partial charge in [0.05, 0.1) is 21.2 Å². The molecule has 0 spiro atoms. The Morgan fingerprint density at radius 2 is 1.92 bits per heavy atom. The highest BCUT2D eigenvalue weighted by molar-refractivity contribution is 6.36. The van der Waals surface area contributed by atoms with Gasteiger partial charge in [-0.25, -0.2) is 0 Å². The second-order valence-electron chi connectivity index (χ2n) is 2.45. The Balaban J connectivity index is 3.55. The molecular weight excluding hydrogens is 209 g/mol. The molecule has 13 heavy (non-hydrogen) atoms. The fraction of sp³-hybridized carbons (Fsp3) is 0.111. The Bertz CT molecular complexity index is 407. The average Bonchev–Trinajstić information content (AvgIpc) is 2.07. The number of carbonyl (C=O) groups is 1. The van der Waals surface area contributed by atoms with Crippen molar-refractivity contribution < 1.29 is 4.79 Å². The summed E-state index contributed by atoms with van der Waals surface area (Å²) in [6.45, 7) is 1.35. The van der Waals surface area contributed by atoms with Gasteiger partial charge in [-0.3, -0.25) is 4.79 Å². The summed E-state index contributed by atoms with van der Waals surface area (Å²) in [6.07, 6.45) is 0. The highest BCUT2D eigenvalue weighted by atomic mass is 35.5. The van der Waals surface area contributed by atoms with E-state index in [2.05, 4.69) is 0 Å². The molecule has 1 aromatic carbocycles. The van der Waals surface area contributed by atoms with E-state index in [-0.39, 0.29) is 27.0 Å². The van der Waals surface area contributed by atoms with E-state index in [1.165, 1.54) is 19.1 Å². The van der Waals surface area contributed by atoms with Crippen LogP contribution < -0.4 is 0 Å². The van der Waals surface area contributed by atoms with Crippen LogP contribution in [-0.2, 0) is 0 Å². The Kier molecular flexibility index (Phi) is 2.92. The highest BCUT2D eigenvalue weighted by Gasteiger charge is 2.14. The molecule has 0 atom stereocenters. The Morgan fingerprint density at radius 3 is 2.31 bits per heavy atom. The van der Waals surface area contributed by atoms with Crippen LogP contribution in [0.15, 0.2) is 12.1 Å². The average molecular weight is 214 g/mol. The number of Topliss-reactive ketones (excluding diaryl/α,β-unsaturated/α-hetero) is 1. The van der Waals surface area contributed by atoms with E-state index in [0.717, 1.165) is 0 Å². The van der Waals surface area contributed by atoms with Gasteiger partial charge in [0.2, 0.25) is 0 Å². The maximum Gasteiger partial charge on any atom is 0.162 e. The number of nitriles is 1. The van der Waals surface area contributed by atoms with Gasteiger partial charge in [0.25, 0.3) is 0 Å². The molecule has 0 unspecified atom stereocenters. The third kappa shape index (κ3) is 1.82. The Morgan fingerprint density at radius 1 is 1.38 bits per heavy atom. The van der Waals surface area contributed by atoms with Crippen molar-refractivity contribution in [3.05, 3.63) is 33.3 Å². The van der Waals surface area contributed by atoms with Gasteiger partial charge in [-0.15, -0.1) is 0 Å². The topological polar surface area (TPSA) is 40.9 Å². The summed E-state index contributed by atoms with van der Waals surface area (Å²) in [7, 11) is 0. The monoisotopic (exact) mass is 213 g/mol. The van der Waals surface area contributed by atoms with Crippen molar-refractivity contribution in [1.29, 1.82) is 5.26 Å². The van der Waals surface area contributed by atoms with Gasteiger partial charge in [0.15, 0.2) is 5.78 Å². The van der Waals surface area contributed by atoms with Crippen molar-refractivity contribution in [2.24, 2.45) is 0 Å². The lowest BCUT2D eigenvalue weighted by Crippen LogP contribution is -1.98. The smallest absolute Gasteiger partial charge is 0.162 e. The first-order valence-corrected chi connectivity index (χ1v) is 4.22. The van der Waals surface area contributed by atoms with E-state index in [9.17, 15) is 4.79 Å². The molecule has 0 aliphatic heterocycles. The zero-order chi connectivity index (χ0) is 10.0. The number of ketones is 1. The normalized spacial score (nSPS) is 9.38. The molecule has 0 aromatic heterocycles. The van der Waals surface area contributed by atoms with E-state index in [1.807, 2.05) is 6.07 Å². The second kappa shape index (κ2) is 3.78. The third-order valence-corrected chi connectivity index (χ3v) is 2.20. The maximum atomic E-state index is 11.1. The van der Waals surface area contributed by atoms with Crippen LogP contribution in [0.25, 0.3) is 0 Å². The summed E-state index contributed by atoms with van der Waals surface area (Å²) >= 11 is 11.5. The molecule has 0 fully saturated rings. The van der Waals surface area contributed by atoms with Crippen molar-refractivity contribution in [2.45, 2.75) is 6.92 Å². The molecule has 4 heteroatoms. The van der Waals surface area contributed by atoms with Crippen LogP contribution in [0, 0.1) is 11.3 Å². The van der Waals surface area contributed by atoms with Crippen molar-refractivity contribution >= 4 is 29.0 Å². The summed E-state index contributed by atoms with van der Waals surface area (Å²) in [4.78, 5) is 11.1. The quantitative estimate of drug-likeness (QED) is 0.674. The fourth-order valence-electron chi connectivity index (χ4n) is 1.01. The zero-order valence-electron chi connectivity index (χ0n) is 6.77. The van der Waals surface area contributed by atoms with E-state index in [4.69, 9.17) is 28.5 Å². The number of nitrogens with zero attached hydrogens (tertiary/aromatic N) is 1. The summed E-state index contributed by atoms with van der Waals surface area (Å²) in [6, 6.07) is 4.85. The minimum atomic E-state index is -0.260. The van der Waals surface area contributed by atoms with Gasteiger partial charge in [-0.2, -0.15) is 5.26 Å². The summed E-state index contributed by atoms with van der Waals surface area (Å²) in [5.41, 5.74) is 0.332. The summed E-state index contributed by atoms with van der Waals surface area (Å²) in [5.74, 6) is -0.260. The zero-order valence-corrected chi connectivity index (χ0v) is 8.28. The molecule has 0 saturated heterocycles. The molecule has 1 rings (SSSR count). The van der Waals surface area contributed by atoms with Crippen LogP contribution in [0.3, 0.4) is 0 Å². The predicted molar refractivity (Wildman–Crippen MR) is 51.2 cm³/mol. The molecule has 66 valence electrons. The van der Waals surface area contributed by atoms with E-state index in [1.54, 1.807) is 0 Å². The lowest BCUT2D eigenvalue weighted by atomic mass is 10.1. The number of rotatable bonds is 1. The molecule has 0 bridgehead atoms. The minimum absolute atomic E-state index is 0.140. The fourth-order valence-corrected chi connectivity index (χ4v) is 1.50. The number of benzene rings is 1. The molecule has 1 aromatic rings. The van der Waals surface area contributed by atoms with Gasteiger partial charge < -0.3 is 0 Å². The SMILES string of the molecule is CC(=O)c1c(Cl)ccc(Cl)c1C#N. The number of halogens is 2. The third-order valence-electron chi connectivity index (χ3n) is 1.57. The summed E-state index contributed by atoms with van der Waals surface area (Å²) in [5, 5.41) is 9.23. The second-order valence-corrected chi connectivity index (χ2v) is 3.26. The molecule has 2 nitrogen and oxygen atoms in total. The molecule has 0 N–H and O–H groups in total. The van der Waals surface area contributed by atoms with Crippen molar-refractivity contribution in [3.8, 4) is 6.07 Å². The van der Waals surface area contributed by atoms with Gasteiger partial charge in [0, 0.05) is 0 Å². The molecule has 0 saturated carbocycles. The van der Waals surface area contributed by atoms with E-state index in [0.29, 0.717) is 0 Å². The standard InChI is InChI=1S/C9H5Cl2NO/c1-5(13)9-6(4-12)7(10)2-3-8(9)11/h2-3H,1H3. The van der Waals surface area contributed by atoms with Crippen LogP contribution in [-0.4, -0.2) is 5.78 Å². The van der Waals surface area contributed by atoms with Crippen LogP contribution in [0.2, 0.25) is 10.0 Å². The minimum Gasteiger partial charge on any atom is -0.294 e. The van der Waals surface area contributed by atoms with Gasteiger partial charge in [0.1, 0.15) is 6.07 Å². The maximum absolute atomic E-state index is 11.1. The number of carbonyl (C=O) groups excluding carboxylic acids is 1.